The summed E-state index contributed by atoms with van der Waals surface area (Å²) in [6.07, 6.45) is 7.60. The van der Waals surface area contributed by atoms with Gasteiger partial charge >= 0.3 is 0 Å². The van der Waals surface area contributed by atoms with E-state index in [4.69, 9.17) is 0 Å². The van der Waals surface area contributed by atoms with Gasteiger partial charge in [0, 0.05) is 32.6 Å². The number of likely N-dealkylation sites (tertiary alicyclic amines) is 1. The average molecular weight is 320 g/mol. The van der Waals surface area contributed by atoms with E-state index in [2.05, 4.69) is 6.58 Å². The van der Waals surface area contributed by atoms with Crippen molar-refractivity contribution >= 4 is 11.8 Å². The van der Waals surface area contributed by atoms with Crippen LogP contribution in [0.15, 0.2) is 12.2 Å². The molecule has 4 heteroatoms. The van der Waals surface area contributed by atoms with E-state index in [1.54, 1.807) is 0 Å². The zero-order chi connectivity index (χ0) is 16.8. The summed E-state index contributed by atoms with van der Waals surface area (Å²) in [5, 5.41) is 0. The van der Waals surface area contributed by atoms with Crippen molar-refractivity contribution in [1.29, 1.82) is 0 Å². The van der Waals surface area contributed by atoms with Crippen LogP contribution in [0, 0.1) is 11.8 Å². The summed E-state index contributed by atoms with van der Waals surface area (Å²) in [5.74, 6) is 1.04. The van der Waals surface area contributed by atoms with Gasteiger partial charge in [-0.05, 0) is 39.0 Å². The lowest BCUT2D eigenvalue weighted by Gasteiger charge is -2.37. The standard InChI is InChI=1S/C19H32N2O2/c1-4-20(12-15(2)3)19(23)17-10-11-18(22)21(14-17)13-16-8-6-5-7-9-16/h16-17H,2,4-14H2,1,3H3/t17-/m1/s1. The van der Waals surface area contributed by atoms with Crippen LogP contribution < -0.4 is 0 Å². The Morgan fingerprint density at radius 1 is 1.26 bits per heavy atom. The molecule has 1 aliphatic carbocycles. The number of rotatable bonds is 6. The Morgan fingerprint density at radius 3 is 2.57 bits per heavy atom. The van der Waals surface area contributed by atoms with Gasteiger partial charge in [-0.15, -0.1) is 0 Å². The Hall–Kier alpha value is -1.32. The number of carbonyl (C=O) groups is 2. The highest BCUT2D eigenvalue weighted by Gasteiger charge is 2.33. The van der Waals surface area contributed by atoms with Gasteiger partial charge in [0.1, 0.15) is 0 Å². The van der Waals surface area contributed by atoms with Crippen LogP contribution in [0.5, 0.6) is 0 Å². The lowest BCUT2D eigenvalue weighted by atomic mass is 9.87. The van der Waals surface area contributed by atoms with Crippen molar-refractivity contribution in [3.05, 3.63) is 12.2 Å². The van der Waals surface area contributed by atoms with E-state index in [-0.39, 0.29) is 17.7 Å². The molecule has 23 heavy (non-hydrogen) atoms. The molecule has 1 atom stereocenters. The van der Waals surface area contributed by atoms with Crippen LogP contribution in [0.2, 0.25) is 0 Å². The number of piperidine rings is 1. The molecule has 0 unspecified atom stereocenters. The summed E-state index contributed by atoms with van der Waals surface area (Å²) in [6, 6.07) is 0. The molecule has 0 radical (unpaired) electrons. The quantitative estimate of drug-likeness (QED) is 0.705. The van der Waals surface area contributed by atoms with Gasteiger partial charge < -0.3 is 9.80 Å². The van der Waals surface area contributed by atoms with Gasteiger partial charge in [0.05, 0.1) is 5.92 Å². The third kappa shape index (κ3) is 5.08. The van der Waals surface area contributed by atoms with E-state index in [0.29, 0.717) is 38.4 Å². The van der Waals surface area contributed by atoms with Gasteiger partial charge in [-0.2, -0.15) is 0 Å². The van der Waals surface area contributed by atoms with E-state index >= 15 is 0 Å². The Labute approximate surface area is 140 Å². The number of hydrogen-bond acceptors (Lipinski definition) is 2. The molecule has 2 rings (SSSR count). The number of likely N-dealkylation sites (N-methyl/N-ethyl adjacent to an activating group) is 1. The summed E-state index contributed by atoms with van der Waals surface area (Å²) in [4.78, 5) is 28.8. The van der Waals surface area contributed by atoms with Crippen molar-refractivity contribution in [1.82, 2.24) is 9.80 Å². The van der Waals surface area contributed by atoms with Gasteiger partial charge in [0.15, 0.2) is 0 Å². The fourth-order valence-corrected chi connectivity index (χ4v) is 3.90. The number of hydrogen-bond donors (Lipinski definition) is 0. The Morgan fingerprint density at radius 2 is 1.96 bits per heavy atom. The van der Waals surface area contributed by atoms with Crippen LogP contribution in [-0.4, -0.2) is 47.8 Å². The van der Waals surface area contributed by atoms with Crippen molar-refractivity contribution in [3.63, 3.8) is 0 Å². The molecule has 0 spiro atoms. The first-order valence-corrected chi connectivity index (χ1v) is 9.22. The highest BCUT2D eigenvalue weighted by molar-refractivity contribution is 5.84. The second-order valence-corrected chi connectivity index (χ2v) is 7.35. The fourth-order valence-electron chi connectivity index (χ4n) is 3.90. The van der Waals surface area contributed by atoms with Gasteiger partial charge in [-0.25, -0.2) is 0 Å². The van der Waals surface area contributed by atoms with Crippen molar-refractivity contribution in [2.45, 2.75) is 58.8 Å². The van der Waals surface area contributed by atoms with Crippen LogP contribution in [0.3, 0.4) is 0 Å². The van der Waals surface area contributed by atoms with Crippen LogP contribution in [0.25, 0.3) is 0 Å². The first-order valence-electron chi connectivity index (χ1n) is 9.22. The molecule has 2 aliphatic rings. The lowest BCUT2D eigenvalue weighted by Crippen LogP contribution is -2.48. The average Bonchev–Trinajstić information content (AvgIpc) is 2.55. The lowest BCUT2D eigenvalue weighted by molar-refractivity contribution is -0.143. The normalized spacial score (nSPS) is 23.0. The number of carbonyl (C=O) groups excluding carboxylic acids is 2. The molecule has 0 aromatic rings. The molecule has 0 bridgehead atoms. The van der Waals surface area contributed by atoms with Crippen LogP contribution in [-0.2, 0) is 9.59 Å². The molecule has 130 valence electrons. The van der Waals surface area contributed by atoms with Crippen molar-refractivity contribution in [2.75, 3.05) is 26.2 Å². The van der Waals surface area contributed by atoms with Gasteiger partial charge in [0.25, 0.3) is 0 Å². The van der Waals surface area contributed by atoms with Crippen LogP contribution in [0.1, 0.15) is 58.8 Å². The second kappa shape index (κ2) is 8.51. The van der Waals surface area contributed by atoms with E-state index in [1.165, 1.54) is 32.1 Å². The Kier molecular flexibility index (Phi) is 6.67. The third-order valence-corrected chi connectivity index (χ3v) is 5.21. The monoisotopic (exact) mass is 320 g/mol. The summed E-state index contributed by atoms with van der Waals surface area (Å²) in [7, 11) is 0. The summed E-state index contributed by atoms with van der Waals surface area (Å²) < 4.78 is 0. The molecular formula is C19H32N2O2. The third-order valence-electron chi connectivity index (χ3n) is 5.21. The number of amides is 2. The van der Waals surface area contributed by atoms with Crippen LogP contribution in [0.4, 0.5) is 0 Å². The molecule has 1 heterocycles. The molecule has 0 N–H and O–H groups in total. The van der Waals surface area contributed by atoms with Crippen molar-refractivity contribution in [2.24, 2.45) is 11.8 Å². The molecule has 0 aromatic carbocycles. The highest BCUT2D eigenvalue weighted by Crippen LogP contribution is 2.27. The summed E-state index contributed by atoms with van der Waals surface area (Å²) in [5.41, 5.74) is 1.01. The predicted octanol–water partition coefficient (Wildman–Crippen LogP) is 3.23. The molecule has 1 saturated carbocycles. The van der Waals surface area contributed by atoms with E-state index in [9.17, 15) is 9.59 Å². The first kappa shape index (κ1) is 18.0. The molecule has 2 amide bonds. The minimum absolute atomic E-state index is 0.0319. The smallest absolute Gasteiger partial charge is 0.227 e. The van der Waals surface area contributed by atoms with Crippen LogP contribution >= 0.6 is 0 Å². The zero-order valence-corrected chi connectivity index (χ0v) is 14.9. The summed E-state index contributed by atoms with van der Waals surface area (Å²) >= 11 is 0. The molecular weight excluding hydrogens is 288 g/mol. The van der Waals surface area contributed by atoms with Crippen molar-refractivity contribution in [3.8, 4) is 0 Å². The molecule has 1 saturated heterocycles. The van der Waals surface area contributed by atoms with Gasteiger partial charge in [-0.1, -0.05) is 31.4 Å². The minimum atomic E-state index is -0.0319. The van der Waals surface area contributed by atoms with Gasteiger partial charge in [-0.3, -0.25) is 9.59 Å². The Balaban J connectivity index is 1.93. The molecule has 0 aromatic heterocycles. The highest BCUT2D eigenvalue weighted by atomic mass is 16.2. The second-order valence-electron chi connectivity index (χ2n) is 7.35. The minimum Gasteiger partial charge on any atom is -0.342 e. The topological polar surface area (TPSA) is 40.6 Å². The molecule has 4 nitrogen and oxygen atoms in total. The first-order chi connectivity index (χ1) is 11.0. The summed E-state index contributed by atoms with van der Waals surface area (Å²) in [6.45, 7) is 10.7. The van der Waals surface area contributed by atoms with E-state index in [0.717, 1.165) is 12.1 Å². The SMILES string of the molecule is C=C(C)CN(CC)C(=O)[C@@H]1CCC(=O)N(CC2CCCCC2)C1. The maximum atomic E-state index is 12.8. The molecule has 1 aliphatic heterocycles. The predicted molar refractivity (Wildman–Crippen MR) is 92.9 cm³/mol. The van der Waals surface area contributed by atoms with Crippen molar-refractivity contribution < 1.29 is 9.59 Å². The van der Waals surface area contributed by atoms with E-state index in [1.807, 2.05) is 23.6 Å². The van der Waals surface area contributed by atoms with Gasteiger partial charge in [0.2, 0.25) is 11.8 Å². The zero-order valence-electron chi connectivity index (χ0n) is 14.9. The molecule has 2 fully saturated rings. The largest absolute Gasteiger partial charge is 0.342 e. The number of nitrogens with zero attached hydrogens (tertiary/aromatic N) is 2. The fraction of sp³-hybridized carbons (Fsp3) is 0.789. The maximum absolute atomic E-state index is 12.8. The van der Waals surface area contributed by atoms with E-state index < -0.39 is 0 Å². The maximum Gasteiger partial charge on any atom is 0.227 e. The Bertz CT molecular complexity index is 441.